The van der Waals surface area contributed by atoms with Crippen molar-refractivity contribution in [3.8, 4) is 5.75 Å². The van der Waals surface area contributed by atoms with Crippen LogP contribution in [0, 0.1) is 0 Å². The number of hydrogen-bond acceptors (Lipinski definition) is 5. The molecule has 0 aliphatic rings. The summed E-state index contributed by atoms with van der Waals surface area (Å²) < 4.78 is 5.67. The Balaban J connectivity index is 1.83. The van der Waals surface area contributed by atoms with Gasteiger partial charge in [-0.25, -0.2) is 4.98 Å². The van der Waals surface area contributed by atoms with Crippen LogP contribution in [0.5, 0.6) is 5.75 Å². The SMILES string of the molecule is CC(=O)c1ccccc1OCCSc1n[nH]c(C(C)C)n1. The van der Waals surface area contributed by atoms with Crippen LogP contribution in [0.1, 0.15) is 42.9 Å². The second kappa shape index (κ2) is 7.26. The molecule has 0 saturated carbocycles. The molecule has 1 aromatic heterocycles. The van der Waals surface area contributed by atoms with E-state index in [-0.39, 0.29) is 5.78 Å². The number of carbonyl (C=O) groups is 1. The van der Waals surface area contributed by atoms with E-state index < -0.39 is 0 Å². The number of aromatic nitrogens is 3. The molecule has 0 aliphatic heterocycles. The number of ketones is 1. The number of rotatable bonds is 7. The molecule has 112 valence electrons. The Labute approximate surface area is 128 Å². The van der Waals surface area contributed by atoms with E-state index in [0.717, 1.165) is 16.7 Å². The monoisotopic (exact) mass is 305 g/mol. The van der Waals surface area contributed by atoms with Crippen molar-refractivity contribution in [2.45, 2.75) is 31.8 Å². The van der Waals surface area contributed by atoms with Crippen molar-refractivity contribution in [2.24, 2.45) is 0 Å². The zero-order valence-corrected chi connectivity index (χ0v) is 13.2. The first-order valence-electron chi connectivity index (χ1n) is 6.85. The highest BCUT2D eigenvalue weighted by Crippen LogP contribution is 2.20. The highest BCUT2D eigenvalue weighted by Gasteiger charge is 2.09. The lowest BCUT2D eigenvalue weighted by Crippen LogP contribution is -2.04. The van der Waals surface area contributed by atoms with E-state index in [1.54, 1.807) is 6.07 Å². The van der Waals surface area contributed by atoms with E-state index in [1.165, 1.54) is 18.7 Å². The minimum atomic E-state index is 0.00814. The number of thioether (sulfide) groups is 1. The zero-order chi connectivity index (χ0) is 15.2. The molecule has 0 saturated heterocycles. The highest BCUT2D eigenvalue weighted by atomic mass is 32.2. The van der Waals surface area contributed by atoms with Crippen LogP contribution in [-0.4, -0.2) is 33.3 Å². The van der Waals surface area contributed by atoms with Crippen molar-refractivity contribution in [1.82, 2.24) is 15.2 Å². The largest absolute Gasteiger partial charge is 0.492 e. The predicted molar refractivity (Wildman–Crippen MR) is 83.1 cm³/mol. The van der Waals surface area contributed by atoms with E-state index in [9.17, 15) is 4.79 Å². The summed E-state index contributed by atoms with van der Waals surface area (Å²) in [7, 11) is 0. The van der Waals surface area contributed by atoms with Crippen LogP contribution >= 0.6 is 11.8 Å². The van der Waals surface area contributed by atoms with Crippen LogP contribution in [0.3, 0.4) is 0 Å². The molecule has 1 heterocycles. The summed E-state index contributed by atoms with van der Waals surface area (Å²) in [4.78, 5) is 15.9. The van der Waals surface area contributed by atoms with Gasteiger partial charge in [0.25, 0.3) is 0 Å². The highest BCUT2D eigenvalue weighted by molar-refractivity contribution is 7.99. The van der Waals surface area contributed by atoms with Crippen molar-refractivity contribution in [1.29, 1.82) is 0 Å². The Kier molecular flexibility index (Phi) is 5.38. The smallest absolute Gasteiger partial charge is 0.208 e. The minimum Gasteiger partial charge on any atom is -0.492 e. The molecule has 0 unspecified atom stereocenters. The first kappa shape index (κ1) is 15.6. The molecule has 0 bridgehead atoms. The number of carbonyl (C=O) groups excluding carboxylic acids is 1. The van der Waals surface area contributed by atoms with Gasteiger partial charge in [0.2, 0.25) is 5.16 Å². The van der Waals surface area contributed by atoms with Crippen molar-refractivity contribution in [3.05, 3.63) is 35.7 Å². The summed E-state index contributed by atoms with van der Waals surface area (Å²) in [6.07, 6.45) is 0. The van der Waals surface area contributed by atoms with Gasteiger partial charge in [-0.2, -0.15) is 0 Å². The number of nitrogens with zero attached hydrogens (tertiary/aromatic N) is 2. The fourth-order valence-electron chi connectivity index (χ4n) is 1.75. The molecule has 0 aliphatic carbocycles. The van der Waals surface area contributed by atoms with Crippen molar-refractivity contribution < 1.29 is 9.53 Å². The van der Waals surface area contributed by atoms with Gasteiger partial charge < -0.3 is 4.74 Å². The van der Waals surface area contributed by atoms with Gasteiger partial charge >= 0.3 is 0 Å². The fraction of sp³-hybridized carbons (Fsp3) is 0.400. The lowest BCUT2D eigenvalue weighted by molar-refractivity contribution is 0.101. The topological polar surface area (TPSA) is 67.9 Å². The van der Waals surface area contributed by atoms with Gasteiger partial charge in [-0.1, -0.05) is 37.7 Å². The molecule has 1 aromatic carbocycles. The number of Topliss-reactive ketones (excluding diaryl/α,β-unsaturated/α-hetero) is 1. The molecule has 5 nitrogen and oxygen atoms in total. The standard InChI is InChI=1S/C15H19N3O2S/c1-10(2)14-16-15(18-17-14)21-9-8-20-13-7-5-4-6-12(13)11(3)19/h4-7,10H,8-9H2,1-3H3,(H,16,17,18). The van der Waals surface area contributed by atoms with Crippen LogP contribution in [0.2, 0.25) is 0 Å². The first-order chi connectivity index (χ1) is 10.1. The van der Waals surface area contributed by atoms with Crippen LogP contribution in [-0.2, 0) is 0 Å². The molecule has 0 amide bonds. The molecule has 0 fully saturated rings. The summed E-state index contributed by atoms with van der Waals surface area (Å²) >= 11 is 1.53. The normalized spacial score (nSPS) is 10.9. The Bertz CT molecular complexity index is 610. The predicted octanol–water partition coefficient (Wildman–Crippen LogP) is 3.30. The van der Waals surface area contributed by atoms with Crippen molar-refractivity contribution in [3.63, 3.8) is 0 Å². The quantitative estimate of drug-likeness (QED) is 0.483. The molecule has 21 heavy (non-hydrogen) atoms. The van der Waals surface area contributed by atoms with Crippen molar-refractivity contribution >= 4 is 17.5 Å². The van der Waals surface area contributed by atoms with Gasteiger partial charge in [-0.3, -0.25) is 9.89 Å². The van der Waals surface area contributed by atoms with Gasteiger partial charge in [0.05, 0.1) is 12.2 Å². The molecule has 2 aromatic rings. The third-order valence-corrected chi connectivity index (χ3v) is 3.68. The van der Waals surface area contributed by atoms with Crippen LogP contribution in [0.15, 0.2) is 29.4 Å². The molecule has 0 atom stereocenters. The third kappa shape index (κ3) is 4.32. The van der Waals surface area contributed by atoms with Gasteiger partial charge in [-0.05, 0) is 19.1 Å². The van der Waals surface area contributed by atoms with Crippen LogP contribution in [0.4, 0.5) is 0 Å². The maximum absolute atomic E-state index is 11.5. The van der Waals surface area contributed by atoms with Crippen LogP contribution < -0.4 is 4.74 Å². The Morgan fingerprint density at radius 2 is 2.14 bits per heavy atom. The van der Waals surface area contributed by atoms with E-state index in [1.807, 2.05) is 18.2 Å². The summed E-state index contributed by atoms with van der Waals surface area (Å²) in [6.45, 7) is 6.17. The second-order valence-electron chi connectivity index (χ2n) is 4.91. The van der Waals surface area contributed by atoms with E-state index in [0.29, 0.717) is 23.8 Å². The van der Waals surface area contributed by atoms with E-state index >= 15 is 0 Å². The molecule has 6 heteroatoms. The molecular weight excluding hydrogens is 286 g/mol. The molecule has 0 radical (unpaired) electrons. The van der Waals surface area contributed by atoms with Gasteiger partial charge in [-0.15, -0.1) is 5.10 Å². The van der Waals surface area contributed by atoms with E-state index in [2.05, 4.69) is 29.0 Å². The molecule has 2 rings (SSSR count). The molecular formula is C15H19N3O2S. The minimum absolute atomic E-state index is 0.00814. The average molecular weight is 305 g/mol. The second-order valence-corrected chi connectivity index (χ2v) is 5.97. The number of H-pyrrole nitrogens is 1. The van der Waals surface area contributed by atoms with Gasteiger partial charge in [0.1, 0.15) is 11.6 Å². The van der Waals surface area contributed by atoms with Crippen LogP contribution in [0.25, 0.3) is 0 Å². The number of ether oxygens (including phenoxy) is 1. The fourth-order valence-corrected chi connectivity index (χ4v) is 2.37. The number of aromatic amines is 1. The summed E-state index contributed by atoms with van der Waals surface area (Å²) in [6, 6.07) is 7.28. The molecule has 1 N–H and O–H groups in total. The maximum Gasteiger partial charge on any atom is 0.208 e. The summed E-state index contributed by atoms with van der Waals surface area (Å²) in [5, 5.41) is 7.79. The summed E-state index contributed by atoms with van der Waals surface area (Å²) in [5.41, 5.74) is 0.613. The van der Waals surface area contributed by atoms with Crippen molar-refractivity contribution in [2.75, 3.05) is 12.4 Å². The Hall–Kier alpha value is -1.82. The lowest BCUT2D eigenvalue weighted by atomic mass is 10.1. The molecule has 0 spiro atoms. The Morgan fingerprint density at radius 1 is 1.38 bits per heavy atom. The number of nitrogens with one attached hydrogen (secondary N) is 1. The van der Waals surface area contributed by atoms with Gasteiger partial charge in [0.15, 0.2) is 5.78 Å². The maximum atomic E-state index is 11.5. The number of hydrogen-bond donors (Lipinski definition) is 1. The zero-order valence-electron chi connectivity index (χ0n) is 12.4. The number of para-hydroxylation sites is 1. The lowest BCUT2D eigenvalue weighted by Gasteiger charge is -2.08. The summed E-state index contributed by atoms with van der Waals surface area (Å²) in [5.74, 6) is 2.59. The third-order valence-electron chi connectivity index (χ3n) is 2.87. The number of benzene rings is 1. The van der Waals surface area contributed by atoms with E-state index in [4.69, 9.17) is 4.74 Å². The first-order valence-corrected chi connectivity index (χ1v) is 7.84. The average Bonchev–Trinajstić information content (AvgIpc) is 2.93. The van der Waals surface area contributed by atoms with Gasteiger partial charge in [0, 0.05) is 11.7 Å². The Morgan fingerprint density at radius 3 is 2.81 bits per heavy atom.